The standard InChI is InChI=1S/C26H34ClN3O6S/c1-4-6-13-28-26(32)22(5-2)29(17-19-9-7-8-10-21(19)27)25(31)18-30(37(3,33)34)20-11-12-23-24(16-20)36-15-14-35-23/h7-12,16,22H,4-6,13-15,17-18H2,1-3H3,(H,28,32). The molecule has 3 rings (SSSR count). The van der Waals surface area contributed by atoms with Crippen molar-refractivity contribution >= 4 is 39.1 Å². The molecule has 1 unspecified atom stereocenters. The van der Waals surface area contributed by atoms with Gasteiger partial charge in [-0.2, -0.15) is 0 Å². The van der Waals surface area contributed by atoms with E-state index >= 15 is 0 Å². The highest BCUT2D eigenvalue weighted by atomic mass is 35.5. The fraction of sp³-hybridized carbons (Fsp3) is 0.462. The van der Waals surface area contributed by atoms with Gasteiger partial charge in [0, 0.05) is 24.2 Å². The maximum Gasteiger partial charge on any atom is 0.244 e. The number of rotatable bonds is 12. The fourth-order valence-electron chi connectivity index (χ4n) is 4.04. The Morgan fingerprint density at radius 2 is 1.78 bits per heavy atom. The number of nitrogens with one attached hydrogen (secondary N) is 1. The van der Waals surface area contributed by atoms with Crippen LogP contribution in [0.4, 0.5) is 5.69 Å². The van der Waals surface area contributed by atoms with E-state index in [9.17, 15) is 18.0 Å². The lowest BCUT2D eigenvalue weighted by atomic mass is 10.1. The second-order valence-corrected chi connectivity index (χ2v) is 11.1. The molecule has 0 aliphatic carbocycles. The molecular formula is C26H34ClN3O6S. The first kappa shape index (κ1) is 28.6. The molecule has 1 aliphatic rings. The predicted octanol–water partition coefficient (Wildman–Crippen LogP) is 3.60. The first-order valence-corrected chi connectivity index (χ1v) is 14.6. The molecule has 2 amide bonds. The summed E-state index contributed by atoms with van der Waals surface area (Å²) in [6, 6.07) is 11.0. The molecule has 0 aromatic heterocycles. The number of carbonyl (C=O) groups excluding carboxylic acids is 2. The first-order valence-electron chi connectivity index (χ1n) is 12.3. The SMILES string of the molecule is CCCCNC(=O)C(CC)N(Cc1ccccc1Cl)C(=O)CN(c1ccc2c(c1)OCCO2)S(C)(=O)=O. The largest absolute Gasteiger partial charge is 0.486 e. The lowest BCUT2D eigenvalue weighted by molar-refractivity contribution is -0.140. The average Bonchev–Trinajstić information content (AvgIpc) is 2.87. The number of amides is 2. The van der Waals surface area contributed by atoms with E-state index in [2.05, 4.69) is 5.32 Å². The molecule has 9 nitrogen and oxygen atoms in total. The van der Waals surface area contributed by atoms with Crippen molar-refractivity contribution in [2.24, 2.45) is 0 Å². The van der Waals surface area contributed by atoms with E-state index in [1.807, 2.05) is 13.8 Å². The van der Waals surface area contributed by atoms with Crippen LogP contribution in [0.2, 0.25) is 5.02 Å². The minimum atomic E-state index is -3.86. The zero-order chi connectivity index (χ0) is 27.0. The molecule has 0 radical (unpaired) electrons. The van der Waals surface area contributed by atoms with Gasteiger partial charge in [0.25, 0.3) is 0 Å². The minimum absolute atomic E-state index is 0.0525. The van der Waals surface area contributed by atoms with E-state index in [4.69, 9.17) is 21.1 Å². The van der Waals surface area contributed by atoms with Crippen LogP contribution in [-0.4, -0.2) is 63.7 Å². The van der Waals surface area contributed by atoms with Crippen molar-refractivity contribution in [2.45, 2.75) is 45.7 Å². The number of benzene rings is 2. The van der Waals surface area contributed by atoms with Gasteiger partial charge < -0.3 is 19.7 Å². The second-order valence-electron chi connectivity index (χ2n) is 8.78. The Morgan fingerprint density at radius 1 is 1.08 bits per heavy atom. The highest BCUT2D eigenvalue weighted by Crippen LogP contribution is 2.34. The maximum atomic E-state index is 13.8. The van der Waals surface area contributed by atoms with E-state index in [0.717, 1.165) is 23.4 Å². The van der Waals surface area contributed by atoms with E-state index < -0.39 is 28.5 Å². The monoisotopic (exact) mass is 551 g/mol. The molecule has 202 valence electrons. The van der Waals surface area contributed by atoms with Crippen LogP contribution in [0.25, 0.3) is 0 Å². The number of carbonyl (C=O) groups is 2. The number of hydrogen-bond acceptors (Lipinski definition) is 6. The Hall–Kier alpha value is -2.98. The number of fused-ring (bicyclic) bond motifs is 1. The van der Waals surface area contributed by atoms with Gasteiger partial charge in [0.15, 0.2) is 11.5 Å². The molecule has 1 aliphatic heterocycles. The quantitative estimate of drug-likeness (QED) is 0.404. The number of hydrogen-bond donors (Lipinski definition) is 1. The summed E-state index contributed by atoms with van der Waals surface area (Å²) in [6.45, 7) is 4.62. The maximum absolute atomic E-state index is 13.8. The number of anilines is 1. The molecule has 0 bridgehead atoms. The minimum Gasteiger partial charge on any atom is -0.486 e. The van der Waals surface area contributed by atoms with Gasteiger partial charge in [-0.05, 0) is 36.6 Å². The van der Waals surface area contributed by atoms with Gasteiger partial charge in [0.05, 0.1) is 11.9 Å². The Labute approximate surface area is 223 Å². The zero-order valence-electron chi connectivity index (χ0n) is 21.4. The van der Waals surface area contributed by atoms with Crippen molar-refractivity contribution in [3.63, 3.8) is 0 Å². The molecule has 1 N–H and O–H groups in total. The lowest BCUT2D eigenvalue weighted by Crippen LogP contribution is -2.52. The zero-order valence-corrected chi connectivity index (χ0v) is 23.0. The summed E-state index contributed by atoms with van der Waals surface area (Å²) in [6.07, 6.45) is 3.10. The average molecular weight is 552 g/mol. The van der Waals surface area contributed by atoms with Crippen LogP contribution in [-0.2, 0) is 26.2 Å². The van der Waals surface area contributed by atoms with Gasteiger partial charge >= 0.3 is 0 Å². The summed E-state index contributed by atoms with van der Waals surface area (Å²) < 4.78 is 37.7. The van der Waals surface area contributed by atoms with E-state index in [1.165, 1.54) is 11.0 Å². The summed E-state index contributed by atoms with van der Waals surface area (Å²) in [7, 11) is -3.86. The van der Waals surface area contributed by atoms with E-state index in [1.54, 1.807) is 36.4 Å². The Balaban J connectivity index is 1.93. The van der Waals surface area contributed by atoms with Gasteiger partial charge in [-0.15, -0.1) is 0 Å². The highest BCUT2D eigenvalue weighted by molar-refractivity contribution is 7.92. The van der Waals surface area contributed by atoms with Crippen LogP contribution < -0.4 is 19.1 Å². The number of nitrogens with zero attached hydrogens (tertiary/aromatic N) is 2. The predicted molar refractivity (Wildman–Crippen MR) is 144 cm³/mol. The van der Waals surface area contributed by atoms with Crippen molar-refractivity contribution in [3.8, 4) is 11.5 Å². The van der Waals surface area contributed by atoms with Crippen LogP contribution in [0.3, 0.4) is 0 Å². The summed E-state index contributed by atoms with van der Waals surface area (Å²) in [5, 5.41) is 3.34. The number of unbranched alkanes of at least 4 members (excludes halogenated alkanes) is 1. The molecule has 2 aromatic rings. The van der Waals surface area contributed by atoms with Gasteiger partial charge in [-0.1, -0.05) is 50.1 Å². The van der Waals surface area contributed by atoms with Crippen LogP contribution in [0.1, 0.15) is 38.7 Å². The third kappa shape index (κ3) is 7.52. The molecule has 1 heterocycles. The normalized spacial score (nSPS) is 13.5. The lowest BCUT2D eigenvalue weighted by Gasteiger charge is -2.33. The number of sulfonamides is 1. The molecule has 2 aromatic carbocycles. The molecular weight excluding hydrogens is 518 g/mol. The summed E-state index contributed by atoms with van der Waals surface area (Å²) in [4.78, 5) is 28.2. The third-order valence-corrected chi connectivity index (χ3v) is 7.52. The Bertz CT molecular complexity index is 1210. The number of halogens is 1. The summed E-state index contributed by atoms with van der Waals surface area (Å²) in [5.41, 5.74) is 0.917. The molecule has 0 saturated carbocycles. The van der Waals surface area contributed by atoms with Crippen molar-refractivity contribution in [3.05, 3.63) is 53.1 Å². The van der Waals surface area contributed by atoms with Crippen molar-refractivity contribution in [1.82, 2.24) is 10.2 Å². The van der Waals surface area contributed by atoms with Crippen LogP contribution in [0, 0.1) is 0 Å². The van der Waals surface area contributed by atoms with Crippen LogP contribution in [0.5, 0.6) is 11.5 Å². The van der Waals surface area contributed by atoms with Crippen molar-refractivity contribution < 1.29 is 27.5 Å². The highest BCUT2D eigenvalue weighted by Gasteiger charge is 2.32. The summed E-state index contributed by atoms with van der Waals surface area (Å²) in [5.74, 6) is 0.0868. The molecule has 0 spiro atoms. The summed E-state index contributed by atoms with van der Waals surface area (Å²) >= 11 is 6.37. The molecule has 0 saturated heterocycles. The first-order chi connectivity index (χ1) is 17.7. The smallest absolute Gasteiger partial charge is 0.244 e. The molecule has 1 atom stereocenters. The van der Waals surface area contributed by atoms with Crippen molar-refractivity contribution in [2.75, 3.05) is 36.9 Å². The Morgan fingerprint density at radius 3 is 2.43 bits per heavy atom. The van der Waals surface area contributed by atoms with Gasteiger partial charge in [-0.25, -0.2) is 8.42 Å². The number of ether oxygens (including phenoxy) is 2. The third-order valence-electron chi connectivity index (χ3n) is 6.01. The fourth-order valence-corrected chi connectivity index (χ4v) is 5.07. The Kier molecular flexibility index (Phi) is 10.0. The molecule has 0 fully saturated rings. The topological polar surface area (TPSA) is 105 Å². The molecule has 37 heavy (non-hydrogen) atoms. The van der Waals surface area contributed by atoms with Gasteiger partial charge in [-0.3, -0.25) is 13.9 Å². The van der Waals surface area contributed by atoms with Crippen molar-refractivity contribution in [1.29, 1.82) is 0 Å². The van der Waals surface area contributed by atoms with Gasteiger partial charge in [0.1, 0.15) is 25.8 Å². The van der Waals surface area contributed by atoms with E-state index in [-0.39, 0.29) is 18.1 Å². The van der Waals surface area contributed by atoms with E-state index in [0.29, 0.717) is 48.3 Å². The van der Waals surface area contributed by atoms with Crippen LogP contribution >= 0.6 is 11.6 Å². The van der Waals surface area contributed by atoms with Crippen LogP contribution in [0.15, 0.2) is 42.5 Å². The second kappa shape index (κ2) is 13.0. The van der Waals surface area contributed by atoms with Gasteiger partial charge in [0.2, 0.25) is 21.8 Å². The molecule has 11 heteroatoms.